The molecular formula is C25H26ClN5O2. The molecule has 8 heteroatoms. The Kier molecular flexibility index (Phi) is 5.58. The maximum atomic E-state index is 13.7. The number of nitrogens with zero attached hydrogens (tertiary/aromatic N) is 5. The van der Waals surface area contributed by atoms with E-state index in [9.17, 15) is 9.59 Å². The minimum absolute atomic E-state index is 0.0507. The van der Waals surface area contributed by atoms with E-state index in [1.807, 2.05) is 64.9 Å². The Hall–Kier alpha value is -3.32. The van der Waals surface area contributed by atoms with Crippen LogP contribution in [-0.2, 0) is 11.8 Å². The third-order valence-corrected chi connectivity index (χ3v) is 6.82. The van der Waals surface area contributed by atoms with Crippen LogP contribution in [0.25, 0.3) is 21.8 Å². The van der Waals surface area contributed by atoms with E-state index in [-0.39, 0.29) is 11.5 Å². The molecule has 0 spiro atoms. The first-order valence-electron chi connectivity index (χ1n) is 11.2. The first kappa shape index (κ1) is 21.5. The molecule has 1 amide bonds. The molecule has 1 aliphatic heterocycles. The molecule has 3 heterocycles. The number of carbonyl (C=O) groups is 1. The molecule has 33 heavy (non-hydrogen) atoms. The average molecular weight is 464 g/mol. The lowest BCUT2D eigenvalue weighted by molar-refractivity contribution is -0.135. The SMILES string of the molecule is CC[C@H](C(=O)N1CCN(c2ccc(Cl)cc2)CC1)n1c2ccccc2c2cnn(C)c(=O)c21. The highest BCUT2D eigenvalue weighted by Crippen LogP contribution is 2.32. The summed E-state index contributed by atoms with van der Waals surface area (Å²) >= 11 is 6.02. The van der Waals surface area contributed by atoms with Crippen molar-refractivity contribution in [2.45, 2.75) is 19.4 Å². The van der Waals surface area contributed by atoms with Crippen molar-refractivity contribution in [3.8, 4) is 0 Å². The van der Waals surface area contributed by atoms with E-state index in [2.05, 4.69) is 10.00 Å². The molecule has 0 unspecified atom stereocenters. The average Bonchev–Trinajstić information content (AvgIpc) is 3.17. The Morgan fingerprint density at radius 2 is 1.73 bits per heavy atom. The monoisotopic (exact) mass is 463 g/mol. The van der Waals surface area contributed by atoms with Crippen molar-refractivity contribution in [3.05, 3.63) is 70.1 Å². The maximum absolute atomic E-state index is 13.7. The van der Waals surface area contributed by atoms with Crippen molar-refractivity contribution in [1.82, 2.24) is 19.2 Å². The summed E-state index contributed by atoms with van der Waals surface area (Å²) in [6, 6.07) is 15.2. The number of aryl methyl sites for hydroxylation is 1. The van der Waals surface area contributed by atoms with Crippen LogP contribution in [0.4, 0.5) is 5.69 Å². The topological polar surface area (TPSA) is 63.4 Å². The zero-order valence-corrected chi connectivity index (χ0v) is 19.5. The fourth-order valence-electron chi connectivity index (χ4n) is 4.83. The van der Waals surface area contributed by atoms with Gasteiger partial charge in [0.2, 0.25) is 5.91 Å². The number of para-hydroxylation sites is 1. The van der Waals surface area contributed by atoms with Crippen LogP contribution in [0.3, 0.4) is 0 Å². The first-order valence-corrected chi connectivity index (χ1v) is 11.6. The van der Waals surface area contributed by atoms with Crippen LogP contribution in [0.15, 0.2) is 59.5 Å². The third-order valence-electron chi connectivity index (χ3n) is 6.57. The van der Waals surface area contributed by atoms with Crippen LogP contribution in [-0.4, -0.2) is 51.3 Å². The van der Waals surface area contributed by atoms with Gasteiger partial charge in [0, 0.05) is 54.7 Å². The van der Waals surface area contributed by atoms with Gasteiger partial charge in [-0.25, -0.2) is 4.68 Å². The molecule has 1 saturated heterocycles. The minimum Gasteiger partial charge on any atom is -0.368 e. The van der Waals surface area contributed by atoms with Crippen molar-refractivity contribution in [3.63, 3.8) is 0 Å². The molecule has 0 saturated carbocycles. The molecular weight excluding hydrogens is 438 g/mol. The number of fused-ring (bicyclic) bond motifs is 3. The van der Waals surface area contributed by atoms with E-state index in [0.717, 1.165) is 35.1 Å². The van der Waals surface area contributed by atoms with Crippen LogP contribution >= 0.6 is 11.6 Å². The summed E-state index contributed by atoms with van der Waals surface area (Å²) in [5.41, 5.74) is 2.34. The van der Waals surface area contributed by atoms with Crippen molar-refractivity contribution < 1.29 is 4.79 Å². The van der Waals surface area contributed by atoms with Gasteiger partial charge in [-0.15, -0.1) is 0 Å². The van der Waals surface area contributed by atoms with E-state index in [0.29, 0.717) is 30.0 Å². The third kappa shape index (κ3) is 3.66. The molecule has 170 valence electrons. The van der Waals surface area contributed by atoms with Crippen molar-refractivity contribution >= 4 is 45.0 Å². The number of piperazine rings is 1. The van der Waals surface area contributed by atoms with E-state index >= 15 is 0 Å². The fraction of sp³-hybridized carbons (Fsp3) is 0.320. The number of hydrogen-bond donors (Lipinski definition) is 0. The van der Waals surface area contributed by atoms with Gasteiger partial charge in [0.15, 0.2) is 0 Å². The number of hydrogen-bond acceptors (Lipinski definition) is 4. The van der Waals surface area contributed by atoms with Gasteiger partial charge < -0.3 is 14.4 Å². The second kappa shape index (κ2) is 8.56. The van der Waals surface area contributed by atoms with Gasteiger partial charge >= 0.3 is 0 Å². The minimum atomic E-state index is -0.454. The molecule has 5 rings (SSSR count). The second-order valence-electron chi connectivity index (χ2n) is 8.44. The number of aromatic nitrogens is 3. The van der Waals surface area contributed by atoms with E-state index in [1.165, 1.54) is 4.68 Å². The van der Waals surface area contributed by atoms with Crippen LogP contribution in [0.1, 0.15) is 19.4 Å². The number of benzene rings is 2. The fourth-order valence-corrected chi connectivity index (χ4v) is 4.95. The number of halogens is 1. The molecule has 0 N–H and O–H groups in total. The van der Waals surface area contributed by atoms with Gasteiger partial charge in [-0.2, -0.15) is 5.10 Å². The van der Waals surface area contributed by atoms with Gasteiger partial charge in [0.1, 0.15) is 11.6 Å². The molecule has 0 radical (unpaired) electrons. The Morgan fingerprint density at radius 1 is 1.03 bits per heavy atom. The van der Waals surface area contributed by atoms with Crippen molar-refractivity contribution in [2.75, 3.05) is 31.1 Å². The molecule has 0 bridgehead atoms. The molecule has 1 fully saturated rings. The zero-order chi connectivity index (χ0) is 23.1. The number of carbonyl (C=O) groups excluding carboxylic acids is 1. The largest absolute Gasteiger partial charge is 0.368 e. The van der Waals surface area contributed by atoms with Crippen LogP contribution in [0, 0.1) is 0 Å². The van der Waals surface area contributed by atoms with Crippen molar-refractivity contribution in [2.24, 2.45) is 7.05 Å². The van der Waals surface area contributed by atoms with Gasteiger partial charge in [-0.1, -0.05) is 36.7 Å². The highest BCUT2D eigenvalue weighted by molar-refractivity contribution is 6.30. The smallest absolute Gasteiger partial charge is 0.291 e. The highest BCUT2D eigenvalue weighted by atomic mass is 35.5. The first-order chi connectivity index (χ1) is 16.0. The molecule has 7 nitrogen and oxygen atoms in total. The Morgan fingerprint density at radius 3 is 2.42 bits per heavy atom. The van der Waals surface area contributed by atoms with Gasteiger partial charge in [-0.3, -0.25) is 9.59 Å². The lowest BCUT2D eigenvalue weighted by Gasteiger charge is -2.38. The van der Waals surface area contributed by atoms with Gasteiger partial charge in [-0.05, 0) is 36.8 Å². The van der Waals surface area contributed by atoms with Crippen LogP contribution in [0.2, 0.25) is 5.02 Å². The van der Waals surface area contributed by atoms with Crippen molar-refractivity contribution in [1.29, 1.82) is 0 Å². The number of amides is 1. The van der Waals surface area contributed by atoms with Crippen LogP contribution in [0.5, 0.6) is 0 Å². The Balaban J connectivity index is 1.48. The summed E-state index contributed by atoms with van der Waals surface area (Å²) in [5.74, 6) is 0.0507. The van der Waals surface area contributed by atoms with Gasteiger partial charge in [0.25, 0.3) is 5.56 Å². The molecule has 4 aromatic rings. The number of anilines is 1. The lowest BCUT2D eigenvalue weighted by atomic mass is 10.1. The Labute approximate surface area is 196 Å². The maximum Gasteiger partial charge on any atom is 0.291 e. The molecule has 2 aromatic carbocycles. The van der Waals surface area contributed by atoms with E-state index in [4.69, 9.17) is 11.6 Å². The van der Waals surface area contributed by atoms with Crippen LogP contribution < -0.4 is 10.5 Å². The predicted octanol–water partition coefficient (Wildman–Crippen LogP) is 3.84. The molecule has 1 aliphatic rings. The summed E-state index contributed by atoms with van der Waals surface area (Å²) in [5, 5.41) is 6.65. The highest BCUT2D eigenvalue weighted by Gasteiger charge is 2.30. The van der Waals surface area contributed by atoms with Gasteiger partial charge in [0.05, 0.1) is 11.7 Å². The standard InChI is InChI=1S/C25H26ClN5O2/c1-3-21(24(32)30-14-12-29(13-15-30)18-10-8-17(26)9-11-18)31-22-7-5-4-6-19(22)20-16-27-28(2)25(33)23(20)31/h4-11,16,21H,3,12-15H2,1-2H3/t21-/m1/s1. The zero-order valence-electron chi connectivity index (χ0n) is 18.7. The summed E-state index contributed by atoms with van der Waals surface area (Å²) in [6.45, 7) is 4.77. The summed E-state index contributed by atoms with van der Waals surface area (Å²) in [6.07, 6.45) is 2.31. The lowest BCUT2D eigenvalue weighted by Crippen LogP contribution is -2.50. The summed E-state index contributed by atoms with van der Waals surface area (Å²) in [4.78, 5) is 31.0. The number of rotatable bonds is 4. The summed E-state index contributed by atoms with van der Waals surface area (Å²) < 4.78 is 3.27. The Bertz CT molecular complexity index is 1380. The molecule has 1 atom stereocenters. The summed E-state index contributed by atoms with van der Waals surface area (Å²) in [7, 11) is 1.64. The molecule has 2 aromatic heterocycles. The molecule has 0 aliphatic carbocycles. The second-order valence-corrected chi connectivity index (χ2v) is 8.87. The quantitative estimate of drug-likeness (QED) is 0.461. The van der Waals surface area contributed by atoms with E-state index < -0.39 is 6.04 Å². The normalized spacial score (nSPS) is 15.4. The van der Waals surface area contributed by atoms with E-state index in [1.54, 1.807) is 13.2 Å². The predicted molar refractivity (Wildman–Crippen MR) is 132 cm³/mol.